The molecule has 1 aromatic rings. The SMILES string of the molecule is CCCn1cc(S(=O)(=O)NCCCCSC)cc1CN. The molecule has 0 fully saturated rings. The van der Waals surface area contributed by atoms with Gasteiger partial charge in [-0.15, -0.1) is 0 Å². The summed E-state index contributed by atoms with van der Waals surface area (Å²) in [6.07, 6.45) is 6.56. The Kier molecular flexibility index (Phi) is 7.65. The largest absolute Gasteiger partial charge is 0.349 e. The average Bonchev–Trinajstić information content (AvgIpc) is 2.83. The lowest BCUT2D eigenvalue weighted by atomic mass is 10.3. The van der Waals surface area contributed by atoms with Gasteiger partial charge in [0.2, 0.25) is 10.0 Å². The summed E-state index contributed by atoms with van der Waals surface area (Å²) in [5, 5.41) is 0. The van der Waals surface area contributed by atoms with Crippen LogP contribution in [0.3, 0.4) is 0 Å². The summed E-state index contributed by atoms with van der Waals surface area (Å²) < 4.78 is 28.9. The highest BCUT2D eigenvalue weighted by Gasteiger charge is 2.17. The van der Waals surface area contributed by atoms with E-state index in [-0.39, 0.29) is 0 Å². The molecule has 0 saturated carbocycles. The van der Waals surface area contributed by atoms with Gasteiger partial charge >= 0.3 is 0 Å². The molecule has 116 valence electrons. The lowest BCUT2D eigenvalue weighted by Gasteiger charge is -2.05. The minimum Gasteiger partial charge on any atom is -0.349 e. The average molecular weight is 319 g/mol. The van der Waals surface area contributed by atoms with E-state index in [2.05, 4.69) is 17.9 Å². The van der Waals surface area contributed by atoms with Gasteiger partial charge in [-0.1, -0.05) is 6.92 Å². The van der Waals surface area contributed by atoms with E-state index < -0.39 is 10.0 Å². The van der Waals surface area contributed by atoms with Crippen molar-refractivity contribution >= 4 is 21.8 Å². The number of aryl methyl sites for hydroxylation is 1. The third-order valence-electron chi connectivity index (χ3n) is 3.01. The fraction of sp³-hybridized carbons (Fsp3) is 0.692. The van der Waals surface area contributed by atoms with Gasteiger partial charge in [-0.2, -0.15) is 11.8 Å². The van der Waals surface area contributed by atoms with Crippen LogP contribution in [-0.2, 0) is 23.1 Å². The molecular formula is C13H25N3O2S2. The van der Waals surface area contributed by atoms with Crippen LogP contribution < -0.4 is 10.5 Å². The van der Waals surface area contributed by atoms with Crippen molar-refractivity contribution in [1.82, 2.24) is 9.29 Å². The van der Waals surface area contributed by atoms with Crippen molar-refractivity contribution in [2.24, 2.45) is 5.73 Å². The van der Waals surface area contributed by atoms with E-state index in [1.54, 1.807) is 24.0 Å². The number of hydrogen-bond acceptors (Lipinski definition) is 4. The molecule has 7 heteroatoms. The third-order valence-corrected chi connectivity index (χ3v) is 5.14. The molecule has 0 radical (unpaired) electrons. The Labute approximate surface area is 126 Å². The number of sulfonamides is 1. The smallest absolute Gasteiger partial charge is 0.242 e. The summed E-state index contributed by atoms with van der Waals surface area (Å²) in [5.74, 6) is 1.06. The molecular weight excluding hydrogens is 294 g/mol. The molecule has 0 bridgehead atoms. The Hall–Kier alpha value is -0.500. The van der Waals surface area contributed by atoms with Crippen molar-refractivity contribution in [3.8, 4) is 0 Å². The number of nitrogens with one attached hydrogen (secondary N) is 1. The lowest BCUT2D eigenvalue weighted by molar-refractivity contribution is 0.577. The molecule has 1 aromatic heterocycles. The van der Waals surface area contributed by atoms with Gasteiger partial charge in [0.05, 0.1) is 4.90 Å². The Morgan fingerprint density at radius 3 is 2.75 bits per heavy atom. The summed E-state index contributed by atoms with van der Waals surface area (Å²) in [4.78, 5) is 0.316. The second-order valence-corrected chi connectivity index (χ2v) is 7.41. The van der Waals surface area contributed by atoms with Crippen LogP contribution in [0.4, 0.5) is 0 Å². The van der Waals surface area contributed by atoms with E-state index in [4.69, 9.17) is 5.73 Å². The highest BCUT2D eigenvalue weighted by molar-refractivity contribution is 7.98. The molecule has 0 aliphatic rings. The predicted octanol–water partition coefficient (Wildman–Crippen LogP) is 1.78. The quantitative estimate of drug-likeness (QED) is 0.645. The van der Waals surface area contributed by atoms with E-state index >= 15 is 0 Å². The zero-order valence-electron chi connectivity index (χ0n) is 12.3. The first-order valence-electron chi connectivity index (χ1n) is 6.93. The molecule has 0 unspecified atom stereocenters. The Balaban J connectivity index is 2.67. The summed E-state index contributed by atoms with van der Waals surface area (Å²) in [7, 11) is -3.41. The van der Waals surface area contributed by atoms with Crippen molar-refractivity contribution < 1.29 is 8.42 Å². The summed E-state index contributed by atoms with van der Waals surface area (Å²) >= 11 is 1.78. The van der Waals surface area contributed by atoms with Gasteiger partial charge < -0.3 is 10.3 Å². The standard InChI is InChI=1S/C13H25N3O2S2/c1-3-7-16-11-13(9-12(16)10-14)20(17,18)15-6-4-5-8-19-2/h9,11,15H,3-8,10,14H2,1-2H3. The Morgan fingerprint density at radius 2 is 2.15 bits per heavy atom. The zero-order chi connectivity index (χ0) is 15.0. The maximum Gasteiger partial charge on any atom is 0.242 e. The van der Waals surface area contributed by atoms with Crippen LogP contribution in [0.5, 0.6) is 0 Å². The predicted molar refractivity (Wildman–Crippen MR) is 85.4 cm³/mol. The fourth-order valence-corrected chi connectivity index (χ4v) is 3.58. The third kappa shape index (κ3) is 5.12. The number of thioether (sulfide) groups is 1. The van der Waals surface area contributed by atoms with Gasteiger partial charge in [-0.3, -0.25) is 0 Å². The maximum atomic E-state index is 12.2. The first-order valence-corrected chi connectivity index (χ1v) is 9.80. The summed E-state index contributed by atoms with van der Waals surface area (Å²) in [6, 6.07) is 1.67. The van der Waals surface area contributed by atoms with Crippen molar-refractivity contribution in [1.29, 1.82) is 0 Å². The maximum absolute atomic E-state index is 12.2. The minimum atomic E-state index is -3.41. The monoisotopic (exact) mass is 319 g/mol. The van der Waals surface area contributed by atoms with Gasteiger partial charge in [0, 0.05) is 31.5 Å². The van der Waals surface area contributed by atoms with Crippen LogP contribution in [-0.4, -0.2) is 31.5 Å². The number of hydrogen-bond donors (Lipinski definition) is 2. The Morgan fingerprint density at radius 1 is 1.40 bits per heavy atom. The zero-order valence-corrected chi connectivity index (χ0v) is 13.9. The molecule has 1 rings (SSSR count). The first kappa shape index (κ1) is 17.6. The van der Waals surface area contributed by atoms with E-state index in [1.807, 2.05) is 4.57 Å². The second kappa shape index (κ2) is 8.71. The van der Waals surface area contributed by atoms with Crippen LogP contribution >= 0.6 is 11.8 Å². The molecule has 0 saturated heterocycles. The van der Waals surface area contributed by atoms with Crippen molar-refractivity contribution in [3.63, 3.8) is 0 Å². The van der Waals surface area contributed by atoms with Gasteiger partial charge in [0.25, 0.3) is 0 Å². The van der Waals surface area contributed by atoms with Crippen LogP contribution in [0.15, 0.2) is 17.2 Å². The van der Waals surface area contributed by atoms with Gasteiger partial charge in [-0.05, 0) is 37.3 Å². The van der Waals surface area contributed by atoms with Crippen LogP contribution in [0, 0.1) is 0 Å². The normalized spacial score (nSPS) is 11.9. The number of unbranched alkanes of at least 4 members (excludes halogenated alkanes) is 1. The number of aromatic nitrogens is 1. The highest BCUT2D eigenvalue weighted by atomic mass is 32.2. The molecule has 0 atom stereocenters. The molecule has 3 N–H and O–H groups in total. The van der Waals surface area contributed by atoms with Crippen molar-refractivity contribution in [3.05, 3.63) is 18.0 Å². The molecule has 0 aromatic carbocycles. The van der Waals surface area contributed by atoms with Crippen molar-refractivity contribution in [2.75, 3.05) is 18.6 Å². The van der Waals surface area contributed by atoms with E-state index in [9.17, 15) is 8.42 Å². The topological polar surface area (TPSA) is 77.1 Å². The second-order valence-electron chi connectivity index (χ2n) is 4.66. The highest BCUT2D eigenvalue weighted by Crippen LogP contribution is 2.15. The summed E-state index contributed by atoms with van der Waals surface area (Å²) in [5.41, 5.74) is 6.51. The van der Waals surface area contributed by atoms with E-state index in [0.29, 0.717) is 18.0 Å². The molecule has 5 nitrogen and oxygen atoms in total. The lowest BCUT2D eigenvalue weighted by Crippen LogP contribution is -2.24. The molecule has 0 aliphatic carbocycles. The molecule has 0 amide bonds. The summed E-state index contributed by atoms with van der Waals surface area (Å²) in [6.45, 7) is 3.68. The van der Waals surface area contributed by atoms with E-state index in [1.165, 1.54) is 0 Å². The van der Waals surface area contributed by atoms with Gasteiger partial charge in [0.15, 0.2) is 0 Å². The van der Waals surface area contributed by atoms with Crippen molar-refractivity contribution in [2.45, 2.75) is 44.2 Å². The molecule has 0 spiro atoms. The molecule has 0 aliphatic heterocycles. The van der Waals surface area contributed by atoms with E-state index in [0.717, 1.165) is 37.3 Å². The number of nitrogens with two attached hydrogens (primary N) is 1. The molecule has 1 heterocycles. The van der Waals surface area contributed by atoms with Gasteiger partial charge in [0.1, 0.15) is 0 Å². The first-order chi connectivity index (χ1) is 9.55. The molecule has 20 heavy (non-hydrogen) atoms. The van der Waals surface area contributed by atoms with Crippen LogP contribution in [0.25, 0.3) is 0 Å². The number of rotatable bonds is 10. The van der Waals surface area contributed by atoms with Crippen LogP contribution in [0.1, 0.15) is 31.9 Å². The van der Waals surface area contributed by atoms with Crippen LogP contribution in [0.2, 0.25) is 0 Å². The van der Waals surface area contributed by atoms with Gasteiger partial charge in [-0.25, -0.2) is 13.1 Å². The number of nitrogens with zero attached hydrogens (tertiary/aromatic N) is 1. The Bertz CT molecular complexity index is 498. The fourth-order valence-electron chi connectivity index (χ4n) is 1.95. The minimum absolute atomic E-state index is 0.316.